The summed E-state index contributed by atoms with van der Waals surface area (Å²) in [5.74, 6) is 1.51. The topological polar surface area (TPSA) is 64.3 Å². The lowest BCUT2D eigenvalue weighted by Gasteiger charge is -2.23. The molecule has 3 N–H and O–H groups in total. The van der Waals surface area contributed by atoms with E-state index in [-0.39, 0.29) is 4.75 Å². The first-order valence-corrected chi connectivity index (χ1v) is 10.7. The maximum absolute atomic E-state index is 10.4. The summed E-state index contributed by atoms with van der Waals surface area (Å²) in [6.07, 6.45) is 5.12. The minimum Gasteiger partial charge on any atom is -0.489 e. The lowest BCUT2D eigenvalue weighted by molar-refractivity contribution is 0.342. The van der Waals surface area contributed by atoms with E-state index in [2.05, 4.69) is 11.9 Å². The molecule has 0 spiro atoms. The summed E-state index contributed by atoms with van der Waals surface area (Å²) in [5.41, 5.74) is 1.14. The van der Waals surface area contributed by atoms with E-state index in [1.165, 1.54) is 12.8 Å². The molecule has 0 radical (unpaired) electrons. The average Bonchev–Trinajstić information content (AvgIpc) is 2.57. The van der Waals surface area contributed by atoms with Crippen LogP contribution in [-0.4, -0.2) is 28.7 Å². The second-order valence-corrected chi connectivity index (χ2v) is 9.91. The molecule has 7 heteroatoms. The summed E-state index contributed by atoms with van der Waals surface area (Å²) in [4.78, 5) is 0. The fraction of sp³-hybridized carbons (Fsp3) is 0.579. The van der Waals surface area contributed by atoms with Gasteiger partial charge in [0.05, 0.1) is 25.8 Å². The van der Waals surface area contributed by atoms with E-state index in [9.17, 15) is 4.21 Å². The Kier molecular flexibility index (Phi) is 10.2. The van der Waals surface area contributed by atoms with Gasteiger partial charge in [0.15, 0.2) is 0 Å². The molecule has 26 heavy (non-hydrogen) atoms. The quantitative estimate of drug-likeness (QED) is 0.688. The third-order valence-electron chi connectivity index (χ3n) is 4.03. The zero-order valence-electron chi connectivity index (χ0n) is 15.8. The monoisotopic (exact) mass is 420 g/mol. The van der Waals surface area contributed by atoms with Gasteiger partial charge in [0.25, 0.3) is 0 Å². The maximum atomic E-state index is 10.4. The predicted octanol–water partition coefficient (Wildman–Crippen LogP) is 4.51. The van der Waals surface area contributed by atoms with Gasteiger partial charge in [-0.2, -0.15) is 0 Å². The third kappa shape index (κ3) is 8.40. The van der Waals surface area contributed by atoms with Gasteiger partial charge in [-0.25, -0.2) is 4.21 Å². The van der Waals surface area contributed by atoms with E-state index in [4.69, 9.17) is 33.1 Å². The number of rotatable bonds is 5. The van der Waals surface area contributed by atoms with Gasteiger partial charge in [-0.1, -0.05) is 35.9 Å². The molecule has 1 saturated heterocycles. The normalized spacial score (nSPS) is 16.4. The molecule has 0 amide bonds. The highest BCUT2D eigenvalue weighted by molar-refractivity contribution is 7.84. The number of halogens is 2. The van der Waals surface area contributed by atoms with Gasteiger partial charge in [0.2, 0.25) is 0 Å². The molecule has 0 saturated carbocycles. The Bertz CT molecular complexity index is 612. The van der Waals surface area contributed by atoms with Gasteiger partial charge in [-0.15, -0.1) is 0 Å². The molecular weight excluding hydrogens is 391 g/mol. The Balaban J connectivity index is 0.000000412. The molecule has 1 aromatic rings. The number of hydrogen-bond donors (Lipinski definition) is 2. The van der Waals surface area contributed by atoms with Crippen molar-refractivity contribution >= 4 is 34.2 Å². The molecule has 0 aromatic heterocycles. The SMILES string of the molecule is C=CCOc1cc(Cl)c(Cl)cc1CC1CCNCC1.CC(C)(C)S(N)=O. The number of piperidine rings is 1. The van der Waals surface area contributed by atoms with E-state index in [0.29, 0.717) is 22.6 Å². The highest BCUT2D eigenvalue weighted by Gasteiger charge is 2.17. The van der Waals surface area contributed by atoms with Crippen molar-refractivity contribution in [1.82, 2.24) is 5.32 Å². The predicted molar refractivity (Wildman–Crippen MR) is 114 cm³/mol. The van der Waals surface area contributed by atoms with Crippen LogP contribution in [0.25, 0.3) is 0 Å². The van der Waals surface area contributed by atoms with Crippen LogP contribution in [-0.2, 0) is 17.4 Å². The highest BCUT2D eigenvalue weighted by atomic mass is 35.5. The highest BCUT2D eigenvalue weighted by Crippen LogP contribution is 2.33. The number of hydrogen-bond acceptors (Lipinski definition) is 3. The van der Waals surface area contributed by atoms with Gasteiger partial charge in [0, 0.05) is 6.07 Å². The van der Waals surface area contributed by atoms with Crippen molar-refractivity contribution in [3.05, 3.63) is 40.4 Å². The zero-order chi connectivity index (χ0) is 19.7. The number of benzene rings is 1. The lowest BCUT2D eigenvalue weighted by atomic mass is 9.90. The maximum Gasteiger partial charge on any atom is 0.124 e. The summed E-state index contributed by atoms with van der Waals surface area (Å²) in [6.45, 7) is 11.8. The molecular formula is C19H30Cl2N2O2S. The molecule has 1 unspecified atom stereocenters. The Morgan fingerprint density at radius 2 is 1.85 bits per heavy atom. The summed E-state index contributed by atoms with van der Waals surface area (Å²) in [5, 5.41) is 9.55. The molecule has 1 heterocycles. The van der Waals surface area contributed by atoms with E-state index in [1.807, 2.05) is 32.9 Å². The average molecular weight is 421 g/mol. The van der Waals surface area contributed by atoms with Crippen LogP contribution in [0.15, 0.2) is 24.8 Å². The summed E-state index contributed by atoms with van der Waals surface area (Å²) < 4.78 is 15.8. The van der Waals surface area contributed by atoms with Crippen LogP contribution < -0.4 is 15.2 Å². The molecule has 0 aliphatic carbocycles. The van der Waals surface area contributed by atoms with Gasteiger partial charge >= 0.3 is 0 Å². The van der Waals surface area contributed by atoms with Crippen molar-refractivity contribution in [3.63, 3.8) is 0 Å². The van der Waals surface area contributed by atoms with Crippen LogP contribution in [0, 0.1) is 5.92 Å². The van der Waals surface area contributed by atoms with Crippen molar-refractivity contribution in [2.24, 2.45) is 11.1 Å². The molecule has 1 aromatic carbocycles. The van der Waals surface area contributed by atoms with Crippen LogP contribution in [0.3, 0.4) is 0 Å². The smallest absolute Gasteiger partial charge is 0.124 e. The first-order chi connectivity index (χ1) is 12.1. The first-order valence-electron chi connectivity index (χ1n) is 8.73. The van der Waals surface area contributed by atoms with Crippen molar-refractivity contribution in [3.8, 4) is 5.75 Å². The van der Waals surface area contributed by atoms with Gasteiger partial charge in [0.1, 0.15) is 12.4 Å². The molecule has 0 bridgehead atoms. The Morgan fingerprint density at radius 1 is 1.31 bits per heavy atom. The largest absolute Gasteiger partial charge is 0.489 e. The van der Waals surface area contributed by atoms with Crippen LogP contribution >= 0.6 is 23.2 Å². The van der Waals surface area contributed by atoms with E-state index in [0.717, 1.165) is 30.8 Å². The molecule has 1 aliphatic rings. The number of nitrogens with one attached hydrogen (secondary N) is 1. The van der Waals surface area contributed by atoms with Crippen LogP contribution in [0.4, 0.5) is 0 Å². The van der Waals surface area contributed by atoms with Crippen molar-refractivity contribution in [1.29, 1.82) is 0 Å². The standard InChI is InChI=1S/C15H19Cl2NO.C4H11NOS/c1-2-7-19-15-10-14(17)13(16)9-12(15)8-11-3-5-18-6-4-11;1-4(2,3)7(5)6/h2,9-11,18H,1,3-8H2;5H2,1-3H3. The molecule has 2 rings (SSSR count). The number of nitrogens with two attached hydrogens (primary N) is 1. The summed E-state index contributed by atoms with van der Waals surface area (Å²) in [6, 6.07) is 3.74. The van der Waals surface area contributed by atoms with Gasteiger partial charge in [-0.05, 0) is 70.7 Å². The van der Waals surface area contributed by atoms with E-state index < -0.39 is 11.0 Å². The van der Waals surface area contributed by atoms with Crippen molar-refractivity contribution in [2.45, 2.75) is 44.8 Å². The Hall–Kier alpha value is -0.590. The van der Waals surface area contributed by atoms with Crippen LogP contribution in [0.1, 0.15) is 39.2 Å². The lowest BCUT2D eigenvalue weighted by Crippen LogP contribution is -2.28. The first kappa shape index (κ1) is 23.4. The second-order valence-electron chi connectivity index (χ2n) is 7.28. The zero-order valence-corrected chi connectivity index (χ0v) is 18.1. The fourth-order valence-corrected chi connectivity index (χ4v) is 2.75. The van der Waals surface area contributed by atoms with E-state index >= 15 is 0 Å². The van der Waals surface area contributed by atoms with Gasteiger partial charge < -0.3 is 10.1 Å². The van der Waals surface area contributed by atoms with Gasteiger partial charge in [-0.3, -0.25) is 5.14 Å². The minimum absolute atomic E-state index is 0.250. The summed E-state index contributed by atoms with van der Waals surface area (Å²) in [7, 11) is -1.18. The molecule has 148 valence electrons. The third-order valence-corrected chi connectivity index (χ3v) is 5.96. The Labute approximate surface area is 170 Å². The minimum atomic E-state index is -1.18. The summed E-state index contributed by atoms with van der Waals surface area (Å²) >= 11 is 12.2. The Morgan fingerprint density at radius 3 is 2.35 bits per heavy atom. The second kappa shape index (κ2) is 11.3. The fourth-order valence-electron chi connectivity index (χ4n) is 2.41. The van der Waals surface area contributed by atoms with E-state index in [1.54, 1.807) is 6.08 Å². The molecule has 4 nitrogen and oxygen atoms in total. The molecule has 1 fully saturated rings. The molecule has 1 atom stereocenters. The van der Waals surface area contributed by atoms with Crippen molar-refractivity contribution < 1.29 is 8.95 Å². The number of ether oxygens (including phenoxy) is 1. The van der Waals surface area contributed by atoms with Crippen LogP contribution in [0.2, 0.25) is 10.0 Å². The molecule has 1 aliphatic heterocycles. The van der Waals surface area contributed by atoms with Crippen LogP contribution in [0.5, 0.6) is 5.75 Å². The van der Waals surface area contributed by atoms with Crippen molar-refractivity contribution in [2.75, 3.05) is 19.7 Å².